The zero-order chi connectivity index (χ0) is 14.7. The molecule has 4 nitrogen and oxygen atoms in total. The van der Waals surface area contributed by atoms with Crippen LogP contribution in [0.2, 0.25) is 0 Å². The Bertz CT molecular complexity index is 646. The number of benzene rings is 1. The summed E-state index contributed by atoms with van der Waals surface area (Å²) < 4.78 is 0. The van der Waals surface area contributed by atoms with Gasteiger partial charge in [-0.05, 0) is 19.1 Å². The molecule has 1 aromatic carbocycles. The molecule has 0 unspecified atom stereocenters. The van der Waals surface area contributed by atoms with Crippen molar-refractivity contribution in [2.75, 3.05) is 14.1 Å². The molecule has 0 bridgehead atoms. The minimum absolute atomic E-state index is 0.0287. The fourth-order valence-electron chi connectivity index (χ4n) is 1.82. The lowest BCUT2D eigenvalue weighted by molar-refractivity contribution is 0.0822. The van der Waals surface area contributed by atoms with Gasteiger partial charge < -0.3 is 4.90 Å². The predicted octanol–water partition coefficient (Wildman–Crippen LogP) is 2.65. The Hall–Kier alpha value is -2.49. The van der Waals surface area contributed by atoms with Crippen molar-refractivity contribution in [3.63, 3.8) is 0 Å². The Balaban J connectivity index is 2.36. The summed E-state index contributed by atoms with van der Waals surface area (Å²) in [5.41, 5.74) is 2.66. The molecule has 1 aromatic heterocycles. The summed E-state index contributed by atoms with van der Waals surface area (Å²) in [5, 5.41) is 0. The normalized spacial score (nSPS) is 10.2. The first-order valence-corrected chi connectivity index (χ1v) is 6.29. The van der Waals surface area contributed by atoms with Crippen LogP contribution in [0, 0.1) is 0 Å². The van der Waals surface area contributed by atoms with Gasteiger partial charge in [-0.15, -0.1) is 0 Å². The van der Waals surface area contributed by atoms with Crippen LogP contribution in [0.25, 0.3) is 11.3 Å². The lowest BCUT2D eigenvalue weighted by Crippen LogP contribution is -2.22. The van der Waals surface area contributed by atoms with Crippen LogP contribution in [0.4, 0.5) is 0 Å². The van der Waals surface area contributed by atoms with E-state index in [-0.39, 0.29) is 11.7 Å². The maximum atomic E-state index is 11.9. The van der Waals surface area contributed by atoms with Crippen LogP contribution in [0.3, 0.4) is 0 Å². The molecule has 102 valence electrons. The Morgan fingerprint density at radius 1 is 1.00 bits per heavy atom. The van der Waals surface area contributed by atoms with Gasteiger partial charge in [0.25, 0.3) is 5.91 Å². The van der Waals surface area contributed by atoms with E-state index in [9.17, 15) is 9.59 Å². The SMILES string of the molecule is CC(=O)c1ccc(-c2cccc(C(=O)N(C)C)n2)cc1. The topological polar surface area (TPSA) is 50.3 Å². The zero-order valence-electron chi connectivity index (χ0n) is 11.8. The second-order valence-electron chi connectivity index (χ2n) is 4.74. The quantitative estimate of drug-likeness (QED) is 0.804. The summed E-state index contributed by atoms with van der Waals surface area (Å²) in [5.74, 6) is -0.103. The number of aromatic nitrogens is 1. The number of Topliss-reactive ketones (excluding diaryl/α,β-unsaturated/α-hetero) is 1. The molecule has 0 aliphatic carbocycles. The van der Waals surface area contributed by atoms with Crippen molar-refractivity contribution in [3.05, 3.63) is 53.7 Å². The number of carbonyl (C=O) groups excluding carboxylic acids is 2. The highest BCUT2D eigenvalue weighted by atomic mass is 16.2. The van der Waals surface area contributed by atoms with Gasteiger partial charge in [0.2, 0.25) is 0 Å². The number of pyridine rings is 1. The molecule has 0 spiro atoms. The lowest BCUT2D eigenvalue weighted by atomic mass is 10.1. The second kappa shape index (κ2) is 5.65. The number of carbonyl (C=O) groups is 2. The molecule has 2 aromatic rings. The van der Waals surface area contributed by atoms with E-state index in [2.05, 4.69) is 4.98 Å². The third-order valence-corrected chi connectivity index (χ3v) is 2.96. The van der Waals surface area contributed by atoms with E-state index in [1.807, 2.05) is 18.2 Å². The summed E-state index contributed by atoms with van der Waals surface area (Å²) in [7, 11) is 3.39. The fourth-order valence-corrected chi connectivity index (χ4v) is 1.82. The van der Waals surface area contributed by atoms with Crippen LogP contribution in [-0.4, -0.2) is 35.7 Å². The Morgan fingerprint density at radius 3 is 2.20 bits per heavy atom. The van der Waals surface area contributed by atoms with E-state index in [4.69, 9.17) is 0 Å². The predicted molar refractivity (Wildman–Crippen MR) is 77.7 cm³/mol. The molecule has 1 heterocycles. The van der Waals surface area contributed by atoms with Crippen molar-refractivity contribution in [2.24, 2.45) is 0 Å². The molecule has 4 heteroatoms. The smallest absolute Gasteiger partial charge is 0.271 e. The third kappa shape index (κ3) is 2.91. The number of amides is 1. The first kappa shape index (κ1) is 13.9. The maximum Gasteiger partial charge on any atom is 0.271 e. The number of hydrogen-bond donors (Lipinski definition) is 0. The third-order valence-electron chi connectivity index (χ3n) is 2.96. The molecule has 0 fully saturated rings. The van der Waals surface area contributed by atoms with E-state index in [1.165, 1.54) is 11.8 Å². The summed E-state index contributed by atoms with van der Waals surface area (Å²) >= 11 is 0. The Kier molecular flexibility index (Phi) is 3.94. The molecule has 0 atom stereocenters. The fraction of sp³-hybridized carbons (Fsp3) is 0.188. The van der Waals surface area contributed by atoms with E-state index < -0.39 is 0 Å². The van der Waals surface area contributed by atoms with Crippen LogP contribution in [0.15, 0.2) is 42.5 Å². The number of hydrogen-bond acceptors (Lipinski definition) is 3. The first-order valence-electron chi connectivity index (χ1n) is 6.29. The van der Waals surface area contributed by atoms with Crippen molar-refractivity contribution in [1.82, 2.24) is 9.88 Å². The van der Waals surface area contributed by atoms with E-state index in [1.54, 1.807) is 38.4 Å². The van der Waals surface area contributed by atoms with E-state index in [0.717, 1.165) is 5.56 Å². The summed E-state index contributed by atoms with van der Waals surface area (Å²) in [6, 6.07) is 12.5. The van der Waals surface area contributed by atoms with Crippen molar-refractivity contribution in [1.29, 1.82) is 0 Å². The maximum absolute atomic E-state index is 11.9. The molecule has 0 aliphatic rings. The zero-order valence-corrected chi connectivity index (χ0v) is 11.8. The van der Waals surface area contributed by atoms with Gasteiger partial charge >= 0.3 is 0 Å². The highest BCUT2D eigenvalue weighted by Crippen LogP contribution is 2.18. The largest absolute Gasteiger partial charge is 0.343 e. The molecule has 0 saturated carbocycles. The van der Waals surface area contributed by atoms with Crippen LogP contribution >= 0.6 is 0 Å². The van der Waals surface area contributed by atoms with E-state index in [0.29, 0.717) is 17.0 Å². The summed E-state index contributed by atoms with van der Waals surface area (Å²) in [6.45, 7) is 1.53. The minimum Gasteiger partial charge on any atom is -0.343 e. The monoisotopic (exact) mass is 268 g/mol. The van der Waals surface area contributed by atoms with Gasteiger partial charge in [-0.25, -0.2) is 4.98 Å². The summed E-state index contributed by atoms with van der Waals surface area (Å²) in [6.07, 6.45) is 0. The molecule has 0 aliphatic heterocycles. The van der Waals surface area contributed by atoms with Gasteiger partial charge in [0.05, 0.1) is 5.69 Å². The van der Waals surface area contributed by atoms with Crippen LogP contribution in [0.1, 0.15) is 27.8 Å². The van der Waals surface area contributed by atoms with E-state index >= 15 is 0 Å². The Labute approximate surface area is 118 Å². The highest BCUT2D eigenvalue weighted by Gasteiger charge is 2.10. The average molecular weight is 268 g/mol. The molecular weight excluding hydrogens is 252 g/mol. The van der Waals surface area contributed by atoms with Crippen LogP contribution < -0.4 is 0 Å². The number of rotatable bonds is 3. The van der Waals surface area contributed by atoms with Crippen molar-refractivity contribution in [3.8, 4) is 11.3 Å². The van der Waals surface area contributed by atoms with Crippen molar-refractivity contribution in [2.45, 2.75) is 6.92 Å². The standard InChI is InChI=1S/C16H16N2O2/c1-11(19)12-7-9-13(10-8-12)14-5-4-6-15(17-14)16(20)18(2)3/h4-10H,1-3H3. The molecule has 0 saturated heterocycles. The van der Waals surface area contributed by atoms with Gasteiger partial charge in [-0.2, -0.15) is 0 Å². The second-order valence-corrected chi connectivity index (χ2v) is 4.74. The Morgan fingerprint density at radius 2 is 1.65 bits per heavy atom. The molecule has 1 amide bonds. The van der Waals surface area contributed by atoms with Gasteiger partial charge in [0.15, 0.2) is 5.78 Å². The number of ketones is 1. The molecule has 20 heavy (non-hydrogen) atoms. The number of nitrogens with zero attached hydrogens (tertiary/aromatic N) is 2. The summed E-state index contributed by atoms with van der Waals surface area (Å²) in [4.78, 5) is 29.0. The van der Waals surface area contributed by atoms with Crippen LogP contribution in [-0.2, 0) is 0 Å². The first-order chi connectivity index (χ1) is 9.49. The molecule has 2 rings (SSSR count). The van der Waals surface area contributed by atoms with Gasteiger partial charge in [-0.1, -0.05) is 30.3 Å². The highest BCUT2D eigenvalue weighted by molar-refractivity contribution is 5.94. The molecule has 0 radical (unpaired) electrons. The van der Waals surface area contributed by atoms with Gasteiger partial charge in [0.1, 0.15) is 5.69 Å². The van der Waals surface area contributed by atoms with Crippen molar-refractivity contribution >= 4 is 11.7 Å². The van der Waals surface area contributed by atoms with Crippen LogP contribution in [0.5, 0.6) is 0 Å². The molecular formula is C16H16N2O2. The molecule has 0 N–H and O–H groups in total. The van der Waals surface area contributed by atoms with Gasteiger partial charge in [0, 0.05) is 25.2 Å². The van der Waals surface area contributed by atoms with Crippen molar-refractivity contribution < 1.29 is 9.59 Å². The lowest BCUT2D eigenvalue weighted by Gasteiger charge is -2.10. The van der Waals surface area contributed by atoms with Gasteiger partial charge in [-0.3, -0.25) is 9.59 Å². The minimum atomic E-state index is -0.132. The average Bonchev–Trinajstić information content (AvgIpc) is 2.46.